The number of nitrogens with one attached hydrogen (secondary N) is 2. The molecule has 4 rings (SSSR count). The standard InChI is InChI=1S/C30H27ClN2O4S/c1-36-24-14-17-27(37-2)26(19-24)33-30(35)29(21-6-4-3-5-7-21)38-25-15-12-23(13-16-25)32-28(34)18-20-8-10-22(31)11-9-20/h3-17,19,29H,18H2,1-2H3,(H,32,34)(H,33,35). The van der Waals surface area contributed by atoms with Crippen molar-refractivity contribution < 1.29 is 19.1 Å². The fraction of sp³-hybridized carbons (Fsp3) is 0.133. The van der Waals surface area contributed by atoms with Gasteiger partial charge < -0.3 is 20.1 Å². The molecule has 0 aliphatic heterocycles. The van der Waals surface area contributed by atoms with Crippen LogP contribution >= 0.6 is 23.4 Å². The van der Waals surface area contributed by atoms with Gasteiger partial charge in [-0.3, -0.25) is 9.59 Å². The number of methoxy groups -OCH3 is 2. The highest BCUT2D eigenvalue weighted by Gasteiger charge is 2.23. The molecule has 0 radical (unpaired) electrons. The van der Waals surface area contributed by atoms with E-state index in [1.165, 1.54) is 11.8 Å². The van der Waals surface area contributed by atoms with E-state index in [2.05, 4.69) is 10.6 Å². The van der Waals surface area contributed by atoms with Gasteiger partial charge in [0, 0.05) is 21.7 Å². The quantitative estimate of drug-likeness (QED) is 0.209. The van der Waals surface area contributed by atoms with Crippen LogP contribution in [0.25, 0.3) is 0 Å². The molecule has 2 N–H and O–H groups in total. The van der Waals surface area contributed by atoms with Crippen molar-refractivity contribution in [2.24, 2.45) is 0 Å². The molecular formula is C30H27ClN2O4S. The molecule has 194 valence electrons. The lowest BCUT2D eigenvalue weighted by Crippen LogP contribution is -2.19. The lowest BCUT2D eigenvalue weighted by molar-refractivity contribution is -0.116. The Balaban J connectivity index is 1.47. The van der Waals surface area contributed by atoms with Gasteiger partial charge in [0.15, 0.2) is 0 Å². The molecule has 1 atom stereocenters. The molecule has 0 bridgehead atoms. The Kier molecular flexibility index (Phi) is 9.30. The summed E-state index contributed by atoms with van der Waals surface area (Å²) in [7, 11) is 3.12. The second kappa shape index (κ2) is 13.0. The topological polar surface area (TPSA) is 76.7 Å². The molecule has 0 saturated heterocycles. The fourth-order valence-electron chi connectivity index (χ4n) is 3.76. The number of amides is 2. The van der Waals surface area contributed by atoms with Crippen molar-refractivity contribution in [2.75, 3.05) is 24.9 Å². The molecule has 0 aliphatic rings. The molecular weight excluding hydrogens is 520 g/mol. The zero-order valence-electron chi connectivity index (χ0n) is 20.9. The van der Waals surface area contributed by atoms with Crippen LogP contribution in [0.3, 0.4) is 0 Å². The lowest BCUT2D eigenvalue weighted by atomic mass is 10.1. The minimum Gasteiger partial charge on any atom is -0.497 e. The molecule has 0 aromatic heterocycles. The predicted octanol–water partition coefficient (Wildman–Crippen LogP) is 7.01. The monoisotopic (exact) mass is 546 g/mol. The normalized spacial score (nSPS) is 11.3. The van der Waals surface area contributed by atoms with Crippen LogP contribution in [0.15, 0.2) is 102 Å². The number of rotatable bonds is 10. The van der Waals surface area contributed by atoms with Crippen LogP contribution in [0.4, 0.5) is 11.4 Å². The van der Waals surface area contributed by atoms with E-state index in [9.17, 15) is 9.59 Å². The molecule has 0 spiro atoms. The first-order valence-electron chi connectivity index (χ1n) is 11.8. The third-order valence-electron chi connectivity index (χ3n) is 5.67. The van der Waals surface area contributed by atoms with Gasteiger partial charge in [-0.15, -0.1) is 11.8 Å². The van der Waals surface area contributed by atoms with Gasteiger partial charge >= 0.3 is 0 Å². The summed E-state index contributed by atoms with van der Waals surface area (Å²) in [4.78, 5) is 26.8. The van der Waals surface area contributed by atoms with Crippen LogP contribution in [0.5, 0.6) is 11.5 Å². The highest BCUT2D eigenvalue weighted by molar-refractivity contribution is 8.00. The molecule has 0 aliphatic carbocycles. The molecule has 0 saturated carbocycles. The van der Waals surface area contributed by atoms with Crippen molar-refractivity contribution >= 4 is 46.6 Å². The Hall–Kier alpha value is -3.94. The summed E-state index contributed by atoms with van der Waals surface area (Å²) >= 11 is 7.33. The number of carbonyl (C=O) groups is 2. The second-order valence-electron chi connectivity index (χ2n) is 8.34. The van der Waals surface area contributed by atoms with E-state index in [1.807, 2.05) is 66.7 Å². The van der Waals surface area contributed by atoms with E-state index in [1.54, 1.807) is 44.6 Å². The van der Waals surface area contributed by atoms with Gasteiger partial charge in [-0.2, -0.15) is 0 Å². The molecule has 0 fully saturated rings. The van der Waals surface area contributed by atoms with Crippen LogP contribution in [0.1, 0.15) is 16.4 Å². The van der Waals surface area contributed by atoms with E-state index < -0.39 is 5.25 Å². The number of carbonyl (C=O) groups excluding carboxylic acids is 2. The summed E-state index contributed by atoms with van der Waals surface area (Å²) < 4.78 is 10.7. The number of hydrogen-bond donors (Lipinski definition) is 2. The van der Waals surface area contributed by atoms with Gasteiger partial charge in [0.05, 0.1) is 26.3 Å². The Bertz CT molecular complexity index is 1380. The third-order valence-corrected chi connectivity index (χ3v) is 7.19. The summed E-state index contributed by atoms with van der Waals surface area (Å²) in [6, 6.07) is 29.4. The summed E-state index contributed by atoms with van der Waals surface area (Å²) in [6.07, 6.45) is 0.248. The molecule has 4 aromatic rings. The number of thioether (sulfide) groups is 1. The highest BCUT2D eigenvalue weighted by Crippen LogP contribution is 2.38. The first-order chi connectivity index (χ1) is 18.4. The van der Waals surface area contributed by atoms with Crippen molar-refractivity contribution in [2.45, 2.75) is 16.6 Å². The van der Waals surface area contributed by atoms with Crippen molar-refractivity contribution in [1.29, 1.82) is 0 Å². The number of hydrogen-bond acceptors (Lipinski definition) is 5. The Morgan fingerprint density at radius 2 is 1.55 bits per heavy atom. The maximum absolute atomic E-state index is 13.5. The second-order valence-corrected chi connectivity index (χ2v) is 9.95. The highest BCUT2D eigenvalue weighted by atomic mass is 35.5. The minimum absolute atomic E-state index is 0.124. The zero-order valence-corrected chi connectivity index (χ0v) is 22.5. The lowest BCUT2D eigenvalue weighted by Gasteiger charge is -2.19. The molecule has 8 heteroatoms. The van der Waals surface area contributed by atoms with Crippen LogP contribution in [-0.4, -0.2) is 26.0 Å². The van der Waals surface area contributed by atoms with Crippen molar-refractivity contribution in [3.8, 4) is 11.5 Å². The van der Waals surface area contributed by atoms with Gasteiger partial charge in [0.25, 0.3) is 0 Å². The average Bonchev–Trinajstić information content (AvgIpc) is 2.94. The summed E-state index contributed by atoms with van der Waals surface area (Å²) in [5.74, 6) is 0.822. The maximum Gasteiger partial charge on any atom is 0.242 e. The molecule has 6 nitrogen and oxygen atoms in total. The van der Waals surface area contributed by atoms with Gasteiger partial charge in [0.1, 0.15) is 16.7 Å². The Morgan fingerprint density at radius 3 is 2.21 bits per heavy atom. The molecule has 2 amide bonds. The first-order valence-corrected chi connectivity index (χ1v) is 13.1. The summed E-state index contributed by atoms with van der Waals surface area (Å²) in [5, 5.41) is 6.00. The number of benzene rings is 4. The fourth-order valence-corrected chi connectivity index (χ4v) is 4.91. The van der Waals surface area contributed by atoms with Gasteiger partial charge in [-0.1, -0.05) is 54.1 Å². The van der Waals surface area contributed by atoms with Gasteiger partial charge in [-0.25, -0.2) is 0 Å². The third kappa shape index (κ3) is 7.31. The summed E-state index contributed by atoms with van der Waals surface area (Å²) in [5.41, 5.74) is 2.94. The molecule has 4 aromatic carbocycles. The Labute approximate surface area is 231 Å². The van der Waals surface area contributed by atoms with Crippen molar-refractivity contribution in [3.05, 3.63) is 113 Å². The number of halogens is 1. The van der Waals surface area contributed by atoms with E-state index in [4.69, 9.17) is 21.1 Å². The number of anilines is 2. The Morgan fingerprint density at radius 1 is 0.842 bits per heavy atom. The van der Waals surface area contributed by atoms with Gasteiger partial charge in [-0.05, 0) is 59.7 Å². The van der Waals surface area contributed by atoms with Crippen molar-refractivity contribution in [3.63, 3.8) is 0 Å². The van der Waals surface area contributed by atoms with E-state index in [0.29, 0.717) is 27.9 Å². The van der Waals surface area contributed by atoms with Gasteiger partial charge in [0.2, 0.25) is 11.8 Å². The van der Waals surface area contributed by atoms with Crippen LogP contribution in [0.2, 0.25) is 5.02 Å². The molecule has 38 heavy (non-hydrogen) atoms. The largest absolute Gasteiger partial charge is 0.497 e. The zero-order chi connectivity index (χ0) is 26.9. The van der Waals surface area contributed by atoms with Crippen molar-refractivity contribution in [1.82, 2.24) is 0 Å². The van der Waals surface area contributed by atoms with Crippen LogP contribution in [0, 0.1) is 0 Å². The van der Waals surface area contributed by atoms with E-state index in [-0.39, 0.29) is 18.2 Å². The van der Waals surface area contributed by atoms with E-state index >= 15 is 0 Å². The maximum atomic E-state index is 13.5. The average molecular weight is 547 g/mol. The predicted molar refractivity (Wildman–Crippen MR) is 153 cm³/mol. The van der Waals surface area contributed by atoms with Crippen LogP contribution in [-0.2, 0) is 16.0 Å². The number of ether oxygens (including phenoxy) is 2. The smallest absolute Gasteiger partial charge is 0.242 e. The van der Waals surface area contributed by atoms with E-state index in [0.717, 1.165) is 16.0 Å². The molecule has 0 heterocycles. The minimum atomic E-state index is -0.530. The summed E-state index contributed by atoms with van der Waals surface area (Å²) in [6.45, 7) is 0. The SMILES string of the molecule is COc1ccc(OC)c(NC(=O)C(Sc2ccc(NC(=O)Cc3ccc(Cl)cc3)cc2)c2ccccc2)c1. The van der Waals surface area contributed by atoms with Crippen LogP contribution < -0.4 is 20.1 Å². The first kappa shape index (κ1) is 27.1. The molecule has 1 unspecified atom stereocenters.